The van der Waals surface area contributed by atoms with Crippen LogP contribution in [-0.4, -0.2) is 6.29 Å². The lowest BCUT2D eigenvalue weighted by molar-refractivity contribution is -0.108. The van der Waals surface area contributed by atoms with Gasteiger partial charge in [0.05, 0.1) is 12.5 Å². The van der Waals surface area contributed by atoms with Gasteiger partial charge in [-0.05, 0) is 5.56 Å². The lowest BCUT2D eigenvalue weighted by Crippen LogP contribution is -1.92. The van der Waals surface area contributed by atoms with Crippen LogP contribution in [0.2, 0.25) is 0 Å². The van der Waals surface area contributed by atoms with Crippen LogP contribution in [0, 0.1) is 0 Å². The molecule has 0 fully saturated rings. The fourth-order valence-electron chi connectivity index (χ4n) is 0.903. The van der Waals surface area contributed by atoms with Crippen molar-refractivity contribution in [1.29, 1.82) is 0 Å². The highest BCUT2D eigenvalue weighted by Gasteiger charge is 1.99. The highest BCUT2D eigenvalue weighted by atomic mass is 16.5. The van der Waals surface area contributed by atoms with Crippen molar-refractivity contribution in [2.75, 3.05) is 0 Å². The molecule has 1 unspecified atom stereocenters. The van der Waals surface area contributed by atoms with E-state index in [1.165, 1.54) is 12.5 Å². The first-order valence-electron chi connectivity index (χ1n) is 4.63. The highest BCUT2D eigenvalue weighted by Crippen LogP contribution is 2.10. The Morgan fingerprint density at radius 3 is 2.07 bits per heavy atom. The number of rotatable bonds is 4. The van der Waals surface area contributed by atoms with E-state index in [1.54, 1.807) is 0 Å². The lowest BCUT2D eigenvalue weighted by atomic mass is 10.0. The van der Waals surface area contributed by atoms with Crippen molar-refractivity contribution in [3.8, 4) is 0 Å². The first kappa shape index (κ1) is 13.2. The van der Waals surface area contributed by atoms with E-state index >= 15 is 0 Å². The summed E-state index contributed by atoms with van der Waals surface area (Å²) >= 11 is 0. The molecule has 0 heterocycles. The van der Waals surface area contributed by atoms with E-state index in [2.05, 4.69) is 17.9 Å². The predicted octanol–water partition coefficient (Wildman–Crippen LogP) is 3.28. The van der Waals surface area contributed by atoms with Gasteiger partial charge in [-0.25, -0.2) is 0 Å². The van der Waals surface area contributed by atoms with Crippen molar-refractivity contribution in [3.63, 3.8) is 0 Å². The average Bonchev–Trinajstić information content (AvgIpc) is 2.31. The Morgan fingerprint density at radius 2 is 1.73 bits per heavy atom. The molecule has 0 saturated carbocycles. The Hall–Kier alpha value is -1.83. The van der Waals surface area contributed by atoms with E-state index in [0.29, 0.717) is 0 Å². The third-order valence-corrected chi connectivity index (χ3v) is 1.72. The predicted molar refractivity (Wildman–Crippen MR) is 62.4 cm³/mol. The molecule has 1 aromatic rings. The zero-order valence-corrected chi connectivity index (χ0v) is 8.93. The van der Waals surface area contributed by atoms with Crippen LogP contribution in [0.15, 0.2) is 56.0 Å². The quantitative estimate of drug-likeness (QED) is 0.555. The third kappa shape index (κ3) is 6.27. The normalized spacial score (nSPS) is 10.2. The molecule has 0 aromatic heterocycles. The molecule has 1 atom stereocenters. The Kier molecular flexibility index (Phi) is 7.69. The fourth-order valence-corrected chi connectivity index (χ4v) is 0.903. The summed E-state index contributed by atoms with van der Waals surface area (Å²) in [6.45, 7) is 8.41. The van der Waals surface area contributed by atoms with Crippen LogP contribution >= 0.6 is 0 Å². The summed E-state index contributed by atoms with van der Waals surface area (Å²) in [4.78, 5) is 10.3. The average molecular weight is 204 g/mol. The fraction of sp³-hybridized carbons (Fsp3) is 0.154. The molecule has 0 bridgehead atoms. The minimum atomic E-state index is 0.0289. The summed E-state index contributed by atoms with van der Waals surface area (Å²) in [6, 6.07) is 9.74. The van der Waals surface area contributed by atoms with Gasteiger partial charge in [-0.2, -0.15) is 0 Å². The van der Waals surface area contributed by atoms with Gasteiger partial charge in [0.25, 0.3) is 0 Å². The van der Waals surface area contributed by atoms with Gasteiger partial charge in [-0.15, -0.1) is 0 Å². The van der Waals surface area contributed by atoms with Gasteiger partial charge in [0.1, 0.15) is 6.29 Å². The molecule has 0 aliphatic rings. The Balaban J connectivity index is 0.000000336. The van der Waals surface area contributed by atoms with Gasteiger partial charge in [0, 0.05) is 5.92 Å². The molecular formula is C13H16O2. The molecule has 0 radical (unpaired) electrons. The van der Waals surface area contributed by atoms with E-state index in [1.807, 2.05) is 37.3 Å². The molecule has 2 nitrogen and oxygen atoms in total. The molecule has 0 aliphatic carbocycles. The molecule has 1 aromatic carbocycles. The third-order valence-electron chi connectivity index (χ3n) is 1.72. The molecular weight excluding hydrogens is 188 g/mol. The van der Waals surface area contributed by atoms with Crippen LogP contribution in [0.4, 0.5) is 0 Å². The van der Waals surface area contributed by atoms with Gasteiger partial charge >= 0.3 is 0 Å². The van der Waals surface area contributed by atoms with Crippen molar-refractivity contribution in [3.05, 3.63) is 61.6 Å². The molecule has 80 valence electrons. The second-order valence-electron chi connectivity index (χ2n) is 2.80. The smallest absolute Gasteiger partial charge is 0.127 e. The minimum Gasteiger partial charge on any atom is -0.474 e. The summed E-state index contributed by atoms with van der Waals surface area (Å²) in [5.41, 5.74) is 1.08. The van der Waals surface area contributed by atoms with E-state index in [9.17, 15) is 4.79 Å². The monoisotopic (exact) mass is 204 g/mol. The van der Waals surface area contributed by atoms with Crippen molar-refractivity contribution in [1.82, 2.24) is 0 Å². The topological polar surface area (TPSA) is 26.3 Å². The van der Waals surface area contributed by atoms with E-state index < -0.39 is 0 Å². The zero-order chi connectivity index (χ0) is 11.5. The molecule has 0 N–H and O–H groups in total. The molecule has 0 amide bonds. The minimum absolute atomic E-state index is 0.0289. The van der Waals surface area contributed by atoms with Gasteiger partial charge in [0.15, 0.2) is 0 Å². The largest absolute Gasteiger partial charge is 0.474 e. The van der Waals surface area contributed by atoms with E-state index in [-0.39, 0.29) is 5.92 Å². The summed E-state index contributed by atoms with van der Waals surface area (Å²) in [5, 5.41) is 0. The zero-order valence-electron chi connectivity index (χ0n) is 8.93. The Morgan fingerprint density at radius 1 is 1.20 bits per heavy atom. The molecule has 2 heteroatoms. The second kappa shape index (κ2) is 8.75. The number of aldehydes is 1. The summed E-state index contributed by atoms with van der Waals surface area (Å²) < 4.78 is 4.36. The maximum atomic E-state index is 10.3. The van der Waals surface area contributed by atoms with Crippen molar-refractivity contribution in [2.24, 2.45) is 0 Å². The molecule has 0 spiro atoms. The van der Waals surface area contributed by atoms with Crippen molar-refractivity contribution < 1.29 is 9.53 Å². The molecule has 1 rings (SSSR count). The molecule has 0 saturated heterocycles. The lowest BCUT2D eigenvalue weighted by Gasteiger charge is -2.00. The Bertz CT molecular complexity index is 285. The first-order valence-corrected chi connectivity index (χ1v) is 4.63. The van der Waals surface area contributed by atoms with Crippen molar-refractivity contribution >= 4 is 6.29 Å². The SMILES string of the molecule is C=COC=C.CC(C=O)c1ccccc1. The van der Waals surface area contributed by atoms with Gasteiger partial charge in [0.2, 0.25) is 0 Å². The number of carbonyl (C=O) groups is 1. The first-order chi connectivity index (χ1) is 7.26. The van der Waals surface area contributed by atoms with Crippen LogP contribution in [0.5, 0.6) is 0 Å². The van der Waals surface area contributed by atoms with Gasteiger partial charge in [-0.3, -0.25) is 0 Å². The number of hydrogen-bond donors (Lipinski definition) is 0. The van der Waals surface area contributed by atoms with Crippen LogP contribution in [0.25, 0.3) is 0 Å². The summed E-state index contributed by atoms with van der Waals surface area (Å²) in [5.74, 6) is 0.0289. The van der Waals surface area contributed by atoms with Crippen LogP contribution in [0.1, 0.15) is 18.4 Å². The number of benzene rings is 1. The highest BCUT2D eigenvalue weighted by molar-refractivity contribution is 5.61. The van der Waals surface area contributed by atoms with Gasteiger partial charge in [-0.1, -0.05) is 50.4 Å². The molecule has 0 aliphatic heterocycles. The number of hydrogen-bond acceptors (Lipinski definition) is 2. The van der Waals surface area contributed by atoms with E-state index in [0.717, 1.165) is 11.8 Å². The summed E-state index contributed by atoms with van der Waals surface area (Å²) in [7, 11) is 0. The number of carbonyl (C=O) groups excluding carboxylic acids is 1. The van der Waals surface area contributed by atoms with E-state index in [4.69, 9.17) is 0 Å². The maximum absolute atomic E-state index is 10.3. The van der Waals surface area contributed by atoms with Gasteiger partial charge < -0.3 is 9.53 Å². The number of ether oxygens (including phenoxy) is 1. The second-order valence-corrected chi connectivity index (χ2v) is 2.80. The standard InChI is InChI=1S/C9H10O.C4H6O/c1-8(7-10)9-5-3-2-4-6-9;1-3-5-4-2/h2-8H,1H3;3-4H,1-2H2. The summed E-state index contributed by atoms with van der Waals surface area (Å²) in [6.07, 6.45) is 3.58. The maximum Gasteiger partial charge on any atom is 0.127 e. The van der Waals surface area contributed by atoms with Crippen LogP contribution in [0.3, 0.4) is 0 Å². The van der Waals surface area contributed by atoms with Crippen LogP contribution < -0.4 is 0 Å². The van der Waals surface area contributed by atoms with Crippen LogP contribution in [-0.2, 0) is 9.53 Å². The van der Waals surface area contributed by atoms with Crippen molar-refractivity contribution in [2.45, 2.75) is 12.8 Å². The molecule has 15 heavy (non-hydrogen) atoms. The Labute approximate surface area is 90.9 Å².